The van der Waals surface area contributed by atoms with Crippen LogP contribution in [0.1, 0.15) is 28.7 Å². The van der Waals surface area contributed by atoms with Crippen LogP contribution in [0.5, 0.6) is 5.75 Å². The van der Waals surface area contributed by atoms with Crippen molar-refractivity contribution < 1.29 is 9.53 Å². The van der Waals surface area contributed by atoms with Crippen LogP contribution in [0.15, 0.2) is 47.1 Å². The fourth-order valence-electron chi connectivity index (χ4n) is 2.56. The number of methoxy groups -OCH3 is 1. The van der Waals surface area contributed by atoms with Gasteiger partial charge in [0.15, 0.2) is 0 Å². The van der Waals surface area contributed by atoms with E-state index in [1.54, 1.807) is 7.11 Å². The van der Waals surface area contributed by atoms with Crippen LogP contribution < -0.4 is 10.1 Å². The van der Waals surface area contributed by atoms with E-state index in [0.29, 0.717) is 18.7 Å². The van der Waals surface area contributed by atoms with Gasteiger partial charge in [-0.2, -0.15) is 0 Å². The lowest BCUT2D eigenvalue weighted by atomic mass is 10.2. The minimum Gasteiger partial charge on any atom is -0.497 e. The first-order chi connectivity index (χ1) is 11.6. The maximum atomic E-state index is 12.7. The first-order valence-corrected chi connectivity index (χ1v) is 8.49. The van der Waals surface area contributed by atoms with Crippen LogP contribution in [0.4, 0.5) is 0 Å². The number of nitrogens with zero attached hydrogens (tertiary/aromatic N) is 2. The van der Waals surface area contributed by atoms with Gasteiger partial charge in [-0.1, -0.05) is 19.1 Å². The highest BCUT2D eigenvalue weighted by atomic mass is 79.9. The number of amides is 1. The number of pyridine rings is 1. The van der Waals surface area contributed by atoms with Gasteiger partial charge in [0.25, 0.3) is 5.91 Å². The number of fused-ring (bicyclic) bond motifs is 1. The molecule has 124 valence electrons. The summed E-state index contributed by atoms with van der Waals surface area (Å²) in [5.41, 5.74) is 3.16. The fraction of sp³-hybridized carbons (Fsp3) is 0.222. The molecule has 1 aromatic carbocycles. The van der Waals surface area contributed by atoms with Gasteiger partial charge in [-0.15, -0.1) is 0 Å². The predicted molar refractivity (Wildman–Crippen MR) is 96.4 cm³/mol. The molecule has 0 atom stereocenters. The molecule has 2 heterocycles. The lowest BCUT2D eigenvalue weighted by Gasteiger charge is -2.08. The van der Waals surface area contributed by atoms with Gasteiger partial charge in [0.1, 0.15) is 17.1 Å². The zero-order valence-electron chi connectivity index (χ0n) is 13.5. The van der Waals surface area contributed by atoms with Gasteiger partial charge in [0.2, 0.25) is 0 Å². The largest absolute Gasteiger partial charge is 0.497 e. The molecule has 1 N–H and O–H groups in total. The van der Waals surface area contributed by atoms with Crippen molar-refractivity contribution in [3.63, 3.8) is 0 Å². The molecular weight excluding hydrogens is 370 g/mol. The fourth-order valence-corrected chi connectivity index (χ4v) is 2.90. The van der Waals surface area contributed by atoms with Gasteiger partial charge >= 0.3 is 0 Å². The number of hydrogen-bond donors (Lipinski definition) is 1. The summed E-state index contributed by atoms with van der Waals surface area (Å²) in [6.07, 6.45) is 2.56. The molecule has 24 heavy (non-hydrogen) atoms. The smallest absolute Gasteiger partial charge is 0.270 e. The molecule has 5 nitrogen and oxygen atoms in total. The summed E-state index contributed by atoms with van der Waals surface area (Å²) >= 11 is 3.44. The van der Waals surface area contributed by atoms with Crippen molar-refractivity contribution in [3.05, 3.63) is 64.0 Å². The highest BCUT2D eigenvalue weighted by Crippen LogP contribution is 2.18. The van der Waals surface area contributed by atoms with Crippen molar-refractivity contribution in [2.75, 3.05) is 7.11 Å². The Morgan fingerprint density at radius 3 is 2.67 bits per heavy atom. The molecule has 0 saturated carbocycles. The Bertz CT molecular complexity index is 872. The zero-order valence-corrected chi connectivity index (χ0v) is 15.1. The number of imidazole rings is 1. The molecule has 0 radical (unpaired) electrons. The number of rotatable bonds is 5. The van der Waals surface area contributed by atoms with E-state index in [0.717, 1.165) is 27.1 Å². The maximum absolute atomic E-state index is 12.7. The molecule has 0 fully saturated rings. The Kier molecular flexibility index (Phi) is 4.85. The number of halogens is 1. The molecule has 0 bridgehead atoms. The number of hydrogen-bond acceptors (Lipinski definition) is 3. The van der Waals surface area contributed by atoms with Crippen LogP contribution in [-0.4, -0.2) is 22.4 Å². The third-order valence-corrected chi connectivity index (χ3v) is 4.29. The van der Waals surface area contributed by atoms with E-state index in [1.165, 1.54) is 0 Å². The van der Waals surface area contributed by atoms with E-state index < -0.39 is 0 Å². The molecule has 0 spiro atoms. The van der Waals surface area contributed by atoms with Crippen molar-refractivity contribution in [1.82, 2.24) is 14.7 Å². The van der Waals surface area contributed by atoms with Gasteiger partial charge in [-0.25, -0.2) is 4.98 Å². The van der Waals surface area contributed by atoms with Crippen LogP contribution in [0, 0.1) is 0 Å². The zero-order chi connectivity index (χ0) is 17.1. The predicted octanol–water partition coefficient (Wildman–Crippen LogP) is 3.60. The van der Waals surface area contributed by atoms with Crippen LogP contribution in [0.25, 0.3) is 5.65 Å². The number of aryl methyl sites for hydroxylation is 1. The minimum atomic E-state index is -0.131. The molecule has 6 heteroatoms. The average Bonchev–Trinajstić information content (AvgIpc) is 2.97. The third kappa shape index (κ3) is 3.28. The van der Waals surface area contributed by atoms with Crippen LogP contribution >= 0.6 is 15.9 Å². The van der Waals surface area contributed by atoms with Gasteiger partial charge in [0, 0.05) is 17.2 Å². The monoisotopic (exact) mass is 387 g/mol. The second-order valence-electron chi connectivity index (χ2n) is 5.37. The molecule has 0 aliphatic heterocycles. The van der Waals surface area contributed by atoms with Crippen LogP contribution in [0.2, 0.25) is 0 Å². The summed E-state index contributed by atoms with van der Waals surface area (Å²) in [7, 11) is 1.63. The number of nitrogens with one attached hydrogen (secondary N) is 1. The molecule has 0 saturated heterocycles. The Morgan fingerprint density at radius 1 is 1.25 bits per heavy atom. The van der Waals surface area contributed by atoms with Crippen LogP contribution in [0.3, 0.4) is 0 Å². The Hall–Kier alpha value is -2.34. The van der Waals surface area contributed by atoms with Crippen molar-refractivity contribution in [1.29, 1.82) is 0 Å². The average molecular weight is 388 g/mol. The van der Waals surface area contributed by atoms with Crippen molar-refractivity contribution >= 4 is 27.5 Å². The Balaban J connectivity index is 1.83. The third-order valence-electron chi connectivity index (χ3n) is 3.82. The molecule has 1 amide bonds. The molecule has 2 aromatic heterocycles. The highest BCUT2D eigenvalue weighted by molar-refractivity contribution is 9.10. The first kappa shape index (κ1) is 16.5. The number of carbonyl (C=O) groups excluding carboxylic acids is 1. The van der Waals surface area contributed by atoms with Gasteiger partial charge in [-0.3, -0.25) is 9.20 Å². The number of carbonyl (C=O) groups is 1. The maximum Gasteiger partial charge on any atom is 0.270 e. The van der Waals surface area contributed by atoms with Gasteiger partial charge < -0.3 is 10.1 Å². The summed E-state index contributed by atoms with van der Waals surface area (Å²) in [4.78, 5) is 17.2. The molecule has 0 unspecified atom stereocenters. The molecule has 3 aromatic rings. The van der Waals surface area contributed by atoms with E-state index in [-0.39, 0.29) is 5.91 Å². The highest BCUT2D eigenvalue weighted by Gasteiger charge is 2.18. The van der Waals surface area contributed by atoms with E-state index in [4.69, 9.17) is 4.74 Å². The number of ether oxygens (including phenoxy) is 1. The lowest BCUT2D eigenvalue weighted by Crippen LogP contribution is -2.25. The van der Waals surface area contributed by atoms with Gasteiger partial charge in [-0.05, 0) is 52.2 Å². The van der Waals surface area contributed by atoms with E-state index in [9.17, 15) is 4.79 Å². The molecular formula is C18H18BrN3O2. The van der Waals surface area contributed by atoms with E-state index >= 15 is 0 Å². The summed E-state index contributed by atoms with van der Waals surface area (Å²) < 4.78 is 7.87. The summed E-state index contributed by atoms with van der Waals surface area (Å²) in [5, 5.41) is 2.97. The Morgan fingerprint density at radius 2 is 2.00 bits per heavy atom. The number of aromatic nitrogens is 2. The second-order valence-corrected chi connectivity index (χ2v) is 6.28. The summed E-state index contributed by atoms with van der Waals surface area (Å²) in [6, 6.07) is 11.4. The van der Waals surface area contributed by atoms with Crippen LogP contribution in [-0.2, 0) is 13.0 Å². The van der Waals surface area contributed by atoms with E-state index in [1.807, 2.05) is 53.9 Å². The Labute approximate surface area is 148 Å². The van der Waals surface area contributed by atoms with Crippen molar-refractivity contribution in [3.8, 4) is 5.75 Å². The van der Waals surface area contributed by atoms with Gasteiger partial charge in [0.05, 0.1) is 12.8 Å². The minimum absolute atomic E-state index is 0.131. The summed E-state index contributed by atoms with van der Waals surface area (Å²) in [5.74, 6) is 0.665. The molecule has 0 aliphatic rings. The van der Waals surface area contributed by atoms with Crippen molar-refractivity contribution in [2.45, 2.75) is 19.9 Å². The lowest BCUT2D eigenvalue weighted by molar-refractivity contribution is 0.0944. The molecule has 0 aliphatic carbocycles. The summed E-state index contributed by atoms with van der Waals surface area (Å²) in [6.45, 7) is 2.45. The quantitative estimate of drug-likeness (QED) is 0.727. The standard InChI is InChI=1S/C18H18BrN3O2/c1-3-15-17(22-11-13(19)6-9-16(22)21-15)18(23)20-10-12-4-7-14(24-2)8-5-12/h4-9,11H,3,10H2,1-2H3,(H,20,23). The second kappa shape index (κ2) is 7.05. The SMILES string of the molecule is CCc1nc2ccc(Br)cn2c1C(=O)NCc1ccc(OC)cc1. The van der Waals surface area contributed by atoms with Crippen molar-refractivity contribution in [2.24, 2.45) is 0 Å². The number of benzene rings is 1. The topological polar surface area (TPSA) is 55.6 Å². The first-order valence-electron chi connectivity index (χ1n) is 7.70. The molecule has 3 rings (SSSR count). The normalized spacial score (nSPS) is 10.8. The van der Waals surface area contributed by atoms with E-state index in [2.05, 4.69) is 26.2 Å².